The quantitative estimate of drug-likeness (QED) is 0.339. The summed E-state index contributed by atoms with van der Waals surface area (Å²) in [6.07, 6.45) is 2.64. The van der Waals surface area contributed by atoms with Crippen LogP contribution in [0.15, 0.2) is 58.2 Å². The number of nitrogens with zero attached hydrogens (tertiary/aromatic N) is 1. The van der Waals surface area contributed by atoms with E-state index in [1.54, 1.807) is 37.3 Å². The Morgan fingerprint density at radius 1 is 1.20 bits per heavy atom. The first-order valence-corrected chi connectivity index (χ1v) is 10.5. The molecule has 0 aliphatic carbocycles. The lowest BCUT2D eigenvalue weighted by Gasteiger charge is -2.09. The summed E-state index contributed by atoms with van der Waals surface area (Å²) in [5, 5.41) is 7.64. The Morgan fingerprint density at radius 3 is 2.67 bits per heavy atom. The van der Waals surface area contributed by atoms with Crippen LogP contribution in [0, 0.1) is 6.92 Å². The second-order valence-electron chi connectivity index (χ2n) is 6.68. The molecule has 0 atom stereocenters. The number of amides is 1. The summed E-state index contributed by atoms with van der Waals surface area (Å²) < 4.78 is 0. The van der Waals surface area contributed by atoms with E-state index in [2.05, 4.69) is 20.6 Å². The van der Waals surface area contributed by atoms with Crippen molar-refractivity contribution in [3.63, 3.8) is 0 Å². The average Bonchev–Trinajstić information content (AvgIpc) is 3.11. The number of aromatic amines is 1. The topological polar surface area (TPSA) is 69.8 Å². The monoisotopic (exact) mass is 462 g/mol. The zero-order valence-electron chi connectivity index (χ0n) is 16.7. The number of fused-ring (bicyclic) bond motifs is 1. The third kappa shape index (κ3) is 4.98. The first kappa shape index (κ1) is 22.2. The van der Waals surface area contributed by atoms with Gasteiger partial charge in [-0.15, -0.1) is 0 Å². The van der Waals surface area contributed by atoms with E-state index in [1.807, 2.05) is 26.0 Å². The number of carbonyl (C=O) groups is 1. The van der Waals surface area contributed by atoms with Crippen LogP contribution < -0.4 is 10.6 Å². The van der Waals surface area contributed by atoms with Gasteiger partial charge in [0.25, 0.3) is 5.91 Å². The Morgan fingerprint density at radius 2 is 1.97 bits per heavy atom. The highest BCUT2D eigenvalue weighted by Gasteiger charge is 2.13. The number of halogens is 3. The molecule has 30 heavy (non-hydrogen) atoms. The van der Waals surface area contributed by atoms with Crippen molar-refractivity contribution >= 4 is 63.4 Å². The van der Waals surface area contributed by atoms with Crippen molar-refractivity contribution < 1.29 is 4.79 Å². The maximum atomic E-state index is 12.7. The van der Waals surface area contributed by atoms with Crippen LogP contribution in [0.2, 0.25) is 5.02 Å². The molecule has 0 saturated carbocycles. The fourth-order valence-electron chi connectivity index (χ4n) is 2.86. The van der Waals surface area contributed by atoms with Gasteiger partial charge in [-0.2, -0.15) is 0 Å². The van der Waals surface area contributed by atoms with E-state index in [4.69, 9.17) is 34.8 Å². The molecule has 0 unspecified atom stereocenters. The van der Waals surface area contributed by atoms with Crippen LogP contribution in [-0.2, 0) is 0 Å². The number of carbonyl (C=O) groups excluding carboxylic acids is 1. The number of H-pyrrole nitrogens is 1. The highest BCUT2D eigenvalue weighted by molar-refractivity contribution is 6.35. The molecule has 0 fully saturated rings. The van der Waals surface area contributed by atoms with Gasteiger partial charge in [0.2, 0.25) is 5.95 Å². The molecule has 156 valence electrons. The first-order chi connectivity index (χ1) is 14.3. The molecular weight excluding hydrogens is 443 g/mol. The minimum absolute atomic E-state index is 0.238. The Hall–Kier alpha value is -2.47. The fourth-order valence-corrected chi connectivity index (χ4v) is 3.57. The Bertz CT molecular complexity index is 1160. The van der Waals surface area contributed by atoms with Crippen molar-refractivity contribution in [1.29, 1.82) is 0 Å². The second-order valence-corrected chi connectivity index (χ2v) is 8.06. The molecule has 1 aromatic heterocycles. The molecule has 8 heteroatoms. The van der Waals surface area contributed by atoms with E-state index in [0.717, 1.165) is 12.0 Å². The predicted molar refractivity (Wildman–Crippen MR) is 127 cm³/mol. The van der Waals surface area contributed by atoms with Crippen molar-refractivity contribution in [1.82, 2.24) is 9.97 Å². The van der Waals surface area contributed by atoms with Crippen LogP contribution in [-0.4, -0.2) is 15.9 Å². The number of hydrogen-bond donors (Lipinski definition) is 3. The van der Waals surface area contributed by atoms with Crippen LogP contribution in [0.5, 0.6) is 0 Å². The smallest absolute Gasteiger partial charge is 0.255 e. The standard InChI is InChI=1S/C22H21Cl3N4O/c1-4-6-16(25)20(13(3)23)29-22-27-18-10-9-14(11-19(18)28-22)21(30)26-17-8-5-7-15(24)12(17)2/h5-11H,4H2,1-3H3,(H,26,30)(H2,27,28,29)/b16-6+,20-13-. The summed E-state index contributed by atoms with van der Waals surface area (Å²) >= 11 is 18.6. The van der Waals surface area contributed by atoms with Crippen LogP contribution in [0.1, 0.15) is 36.2 Å². The molecule has 3 rings (SSSR count). The van der Waals surface area contributed by atoms with Crippen LogP contribution in [0.25, 0.3) is 11.0 Å². The SMILES string of the molecule is CC/C=C(Cl)\C(Nc1nc2ccc(C(=O)Nc3cccc(Cl)c3C)cc2[nH]1)=C(/C)Cl. The van der Waals surface area contributed by atoms with Gasteiger partial charge in [-0.05, 0) is 56.2 Å². The normalized spacial score (nSPS) is 12.7. The van der Waals surface area contributed by atoms with Crippen LogP contribution >= 0.6 is 34.8 Å². The minimum atomic E-state index is -0.238. The van der Waals surface area contributed by atoms with Gasteiger partial charge < -0.3 is 15.6 Å². The predicted octanol–water partition coefficient (Wildman–Crippen LogP) is 7.19. The van der Waals surface area contributed by atoms with Crippen LogP contribution in [0.4, 0.5) is 11.6 Å². The number of anilines is 2. The van der Waals surface area contributed by atoms with E-state index < -0.39 is 0 Å². The molecule has 0 aliphatic heterocycles. The maximum absolute atomic E-state index is 12.7. The van der Waals surface area contributed by atoms with Crippen LogP contribution in [0.3, 0.4) is 0 Å². The lowest BCUT2D eigenvalue weighted by atomic mass is 10.1. The molecule has 1 heterocycles. The molecule has 1 amide bonds. The Balaban J connectivity index is 1.85. The van der Waals surface area contributed by atoms with Crippen molar-refractivity contribution in [3.05, 3.63) is 74.4 Å². The summed E-state index contributed by atoms with van der Waals surface area (Å²) in [7, 11) is 0. The summed E-state index contributed by atoms with van der Waals surface area (Å²) in [4.78, 5) is 20.4. The molecule has 0 bridgehead atoms. The molecule has 0 spiro atoms. The molecule has 3 N–H and O–H groups in total. The Kier molecular flexibility index (Phi) is 7.08. The van der Waals surface area contributed by atoms with Crippen molar-refractivity contribution in [2.24, 2.45) is 0 Å². The van der Waals surface area contributed by atoms with Gasteiger partial charge in [0.1, 0.15) is 0 Å². The van der Waals surface area contributed by atoms with E-state index in [-0.39, 0.29) is 5.91 Å². The van der Waals surface area contributed by atoms with Gasteiger partial charge in [0.15, 0.2) is 0 Å². The number of allylic oxidation sites excluding steroid dienone is 3. The van der Waals surface area contributed by atoms with Crippen molar-refractivity contribution in [2.75, 3.05) is 10.6 Å². The van der Waals surface area contributed by atoms with Gasteiger partial charge in [-0.3, -0.25) is 4.79 Å². The summed E-state index contributed by atoms with van der Waals surface area (Å²) in [6.45, 7) is 5.59. The third-order valence-corrected chi connectivity index (χ3v) is 5.41. The molecule has 2 aromatic carbocycles. The summed E-state index contributed by atoms with van der Waals surface area (Å²) in [6, 6.07) is 10.6. The Labute approximate surface area is 190 Å². The second kappa shape index (κ2) is 9.56. The van der Waals surface area contributed by atoms with E-state index in [0.29, 0.717) is 49.0 Å². The minimum Gasteiger partial charge on any atom is -0.324 e. The van der Waals surface area contributed by atoms with E-state index in [9.17, 15) is 4.79 Å². The summed E-state index contributed by atoms with van der Waals surface area (Å²) in [5.74, 6) is 0.239. The van der Waals surface area contributed by atoms with Gasteiger partial charge >= 0.3 is 0 Å². The summed E-state index contributed by atoms with van der Waals surface area (Å²) in [5.41, 5.74) is 3.96. The lowest BCUT2D eigenvalue weighted by molar-refractivity contribution is 0.102. The number of benzene rings is 2. The van der Waals surface area contributed by atoms with Crippen molar-refractivity contribution in [2.45, 2.75) is 27.2 Å². The zero-order chi connectivity index (χ0) is 21.8. The highest BCUT2D eigenvalue weighted by Crippen LogP contribution is 2.26. The number of rotatable bonds is 6. The fraction of sp³-hybridized carbons (Fsp3) is 0.182. The number of aromatic nitrogens is 2. The van der Waals surface area contributed by atoms with Gasteiger partial charge in [0.05, 0.1) is 21.8 Å². The lowest BCUT2D eigenvalue weighted by Crippen LogP contribution is -2.12. The van der Waals surface area contributed by atoms with E-state index in [1.165, 1.54) is 0 Å². The number of nitrogens with one attached hydrogen (secondary N) is 3. The van der Waals surface area contributed by atoms with Crippen molar-refractivity contribution in [3.8, 4) is 0 Å². The van der Waals surface area contributed by atoms with Gasteiger partial charge in [0, 0.05) is 21.3 Å². The molecular formula is C22H21Cl3N4O. The van der Waals surface area contributed by atoms with Gasteiger partial charge in [-0.1, -0.05) is 53.9 Å². The maximum Gasteiger partial charge on any atom is 0.255 e. The molecule has 0 aliphatic rings. The molecule has 0 saturated heterocycles. The van der Waals surface area contributed by atoms with E-state index >= 15 is 0 Å². The zero-order valence-corrected chi connectivity index (χ0v) is 19.0. The molecule has 3 aromatic rings. The number of imidazole rings is 1. The number of hydrogen-bond acceptors (Lipinski definition) is 3. The largest absolute Gasteiger partial charge is 0.324 e. The first-order valence-electron chi connectivity index (χ1n) is 9.35. The highest BCUT2D eigenvalue weighted by atomic mass is 35.5. The molecule has 5 nitrogen and oxygen atoms in total. The third-order valence-electron chi connectivity index (χ3n) is 4.47. The molecule has 0 radical (unpaired) electrons. The average molecular weight is 464 g/mol. The van der Waals surface area contributed by atoms with Gasteiger partial charge in [-0.25, -0.2) is 4.98 Å².